The summed E-state index contributed by atoms with van der Waals surface area (Å²) in [7, 11) is -3.02. The Balaban J connectivity index is 1.25. The summed E-state index contributed by atoms with van der Waals surface area (Å²) in [6.45, 7) is 9.85. The Bertz CT molecular complexity index is 1740. The molecule has 1 N–H and O–H groups in total. The smallest absolute Gasteiger partial charge is 0.166 e. The van der Waals surface area contributed by atoms with Gasteiger partial charge >= 0.3 is 0 Å². The van der Waals surface area contributed by atoms with Crippen molar-refractivity contribution in [3.05, 3.63) is 53.6 Å². The van der Waals surface area contributed by atoms with Gasteiger partial charge in [-0.05, 0) is 48.9 Å². The second-order valence-electron chi connectivity index (χ2n) is 11.9. The van der Waals surface area contributed by atoms with Crippen molar-refractivity contribution in [2.75, 3.05) is 28.8 Å². The van der Waals surface area contributed by atoms with E-state index in [1.165, 1.54) is 11.8 Å². The maximum absolute atomic E-state index is 11.9. The molecule has 5 heterocycles. The number of nitrogens with zero attached hydrogens (tertiary/aromatic N) is 6. The lowest BCUT2D eigenvalue weighted by Crippen LogP contribution is -2.57. The van der Waals surface area contributed by atoms with Gasteiger partial charge in [0.25, 0.3) is 0 Å². The van der Waals surface area contributed by atoms with Crippen LogP contribution in [0.3, 0.4) is 0 Å². The van der Waals surface area contributed by atoms with Crippen molar-refractivity contribution in [3.8, 4) is 11.4 Å². The average Bonchev–Trinajstić information content (AvgIpc) is 3.28. The third kappa shape index (κ3) is 5.82. The minimum Gasteiger partial charge on any atom is -0.373 e. The van der Waals surface area contributed by atoms with E-state index in [2.05, 4.69) is 66.2 Å². The molecule has 2 aliphatic rings. The van der Waals surface area contributed by atoms with Gasteiger partial charge in [0.2, 0.25) is 0 Å². The number of hydrogen-bond donors (Lipinski definition) is 1. The van der Waals surface area contributed by atoms with Crippen LogP contribution in [0.4, 0.5) is 17.3 Å². The zero-order valence-electron chi connectivity index (χ0n) is 24.5. The Morgan fingerprint density at radius 1 is 1.14 bits per heavy atom. The lowest BCUT2D eigenvalue weighted by Gasteiger charge is -2.48. The molecule has 0 amide bonds. The molecule has 4 atom stereocenters. The summed E-state index contributed by atoms with van der Waals surface area (Å²) in [5.74, 6) is 2.36. The summed E-state index contributed by atoms with van der Waals surface area (Å²) in [5.41, 5.74) is 2.94. The molecule has 10 nitrogen and oxygen atoms in total. The molecular weight excluding hydrogens is 574 g/mol. The van der Waals surface area contributed by atoms with Crippen molar-refractivity contribution in [2.45, 2.75) is 64.8 Å². The molecule has 1 aromatic carbocycles. The van der Waals surface area contributed by atoms with Crippen LogP contribution in [0, 0.1) is 5.92 Å². The molecule has 2 unspecified atom stereocenters. The number of fused-ring (bicyclic) bond motifs is 1. The van der Waals surface area contributed by atoms with Crippen molar-refractivity contribution >= 4 is 49.5 Å². The number of halogens is 1. The van der Waals surface area contributed by atoms with Crippen LogP contribution < -0.4 is 10.2 Å². The Morgan fingerprint density at radius 3 is 2.62 bits per heavy atom. The van der Waals surface area contributed by atoms with Gasteiger partial charge < -0.3 is 15.0 Å². The minimum absolute atomic E-state index is 0.122. The molecule has 4 aromatic rings. The highest BCUT2D eigenvalue weighted by atomic mass is 35.5. The van der Waals surface area contributed by atoms with Crippen LogP contribution in [-0.2, 0) is 21.1 Å². The average molecular weight is 610 g/mol. The molecule has 0 aliphatic carbocycles. The van der Waals surface area contributed by atoms with Gasteiger partial charge in [0, 0.05) is 60.8 Å². The summed E-state index contributed by atoms with van der Waals surface area (Å²) < 4.78 is 31.2. The maximum atomic E-state index is 11.9. The SMILES string of the molecule is CC1CC(Cn2cc(-c3nccc(Nc4cc5c(C(C)C)ccc(N6C[C@H](CS(C)(=O)=O)[C@H]6C)c5cn4)n3)c(Cl)n2)O1. The lowest BCUT2D eigenvalue weighted by atomic mass is 9.88. The van der Waals surface area contributed by atoms with Crippen molar-refractivity contribution < 1.29 is 13.2 Å². The highest BCUT2D eigenvalue weighted by molar-refractivity contribution is 7.90. The van der Waals surface area contributed by atoms with Gasteiger partial charge in [0.15, 0.2) is 11.0 Å². The van der Waals surface area contributed by atoms with Gasteiger partial charge in [-0.25, -0.2) is 23.4 Å². The number of pyridine rings is 1. The molecule has 222 valence electrons. The zero-order chi connectivity index (χ0) is 29.8. The van der Waals surface area contributed by atoms with E-state index in [-0.39, 0.29) is 29.9 Å². The van der Waals surface area contributed by atoms with Gasteiger partial charge in [-0.3, -0.25) is 4.68 Å². The van der Waals surface area contributed by atoms with Crippen molar-refractivity contribution in [1.29, 1.82) is 0 Å². The largest absolute Gasteiger partial charge is 0.373 e. The summed E-state index contributed by atoms with van der Waals surface area (Å²) in [4.78, 5) is 16.1. The normalized spacial score (nSPS) is 22.3. The molecule has 0 radical (unpaired) electrons. The highest BCUT2D eigenvalue weighted by Gasteiger charge is 2.38. The molecule has 3 aromatic heterocycles. The molecule has 42 heavy (non-hydrogen) atoms. The number of benzene rings is 1. The number of nitrogens with one attached hydrogen (secondary N) is 1. The number of ether oxygens (including phenoxy) is 1. The first-order valence-electron chi connectivity index (χ1n) is 14.3. The fourth-order valence-electron chi connectivity index (χ4n) is 6.00. The molecule has 2 saturated heterocycles. The van der Waals surface area contributed by atoms with E-state index in [0.717, 1.165) is 22.9 Å². The van der Waals surface area contributed by atoms with Crippen molar-refractivity contribution in [2.24, 2.45) is 5.92 Å². The first-order valence-corrected chi connectivity index (χ1v) is 16.7. The van der Waals surface area contributed by atoms with E-state index in [9.17, 15) is 8.42 Å². The van der Waals surface area contributed by atoms with Crippen LogP contribution in [0.25, 0.3) is 22.2 Å². The molecule has 0 spiro atoms. The first-order chi connectivity index (χ1) is 19.9. The van der Waals surface area contributed by atoms with E-state index in [1.54, 1.807) is 16.9 Å². The quantitative estimate of drug-likeness (QED) is 0.264. The molecule has 2 fully saturated rings. The third-order valence-corrected chi connectivity index (χ3v) is 9.56. The zero-order valence-corrected chi connectivity index (χ0v) is 26.0. The number of aromatic nitrogens is 5. The van der Waals surface area contributed by atoms with E-state index in [1.807, 2.05) is 12.4 Å². The van der Waals surface area contributed by atoms with Crippen LogP contribution in [0.1, 0.15) is 45.6 Å². The predicted molar refractivity (Wildman–Crippen MR) is 166 cm³/mol. The summed E-state index contributed by atoms with van der Waals surface area (Å²) in [5, 5.41) is 10.3. The number of anilines is 3. The lowest BCUT2D eigenvalue weighted by molar-refractivity contribution is -0.121. The van der Waals surface area contributed by atoms with Gasteiger partial charge in [-0.1, -0.05) is 31.5 Å². The third-order valence-electron chi connectivity index (χ3n) is 8.24. The topological polar surface area (TPSA) is 115 Å². The van der Waals surface area contributed by atoms with Gasteiger partial charge in [-0.15, -0.1) is 0 Å². The molecule has 2 aliphatic heterocycles. The van der Waals surface area contributed by atoms with E-state index in [0.29, 0.717) is 47.2 Å². The second kappa shape index (κ2) is 11.1. The molecular formula is C30H36ClN7O3S. The Labute approximate surface area is 251 Å². The first kappa shape index (κ1) is 28.8. The van der Waals surface area contributed by atoms with E-state index < -0.39 is 9.84 Å². The number of hydrogen-bond acceptors (Lipinski definition) is 9. The van der Waals surface area contributed by atoms with Crippen LogP contribution >= 0.6 is 11.6 Å². The van der Waals surface area contributed by atoms with Crippen LogP contribution in [0.2, 0.25) is 5.15 Å². The standard InChI is InChI=1S/C30H36ClN7O3S/c1-17(2)22-6-7-26(38-13-20(19(38)4)16-42(5,39)40)24-12-33-28(11-23(22)24)34-27-8-9-32-30(35-27)25-15-37(36-29(25)31)14-21-10-18(3)41-21/h6-9,11-12,15,17-21H,10,13-14,16H2,1-5H3,(H,32,33,34,35)/t18?,19-,20-,21?/m1/s1. The Kier molecular flexibility index (Phi) is 7.61. The minimum atomic E-state index is -3.02. The predicted octanol–water partition coefficient (Wildman–Crippen LogP) is 5.46. The Hall–Kier alpha value is -3.28. The monoisotopic (exact) mass is 609 g/mol. The number of rotatable bonds is 9. The summed E-state index contributed by atoms with van der Waals surface area (Å²) in [6.07, 6.45) is 8.18. The Morgan fingerprint density at radius 2 is 1.93 bits per heavy atom. The van der Waals surface area contributed by atoms with Crippen LogP contribution in [0.15, 0.2) is 42.9 Å². The van der Waals surface area contributed by atoms with Gasteiger partial charge in [-0.2, -0.15) is 5.10 Å². The van der Waals surface area contributed by atoms with Gasteiger partial charge in [0.1, 0.15) is 21.5 Å². The highest BCUT2D eigenvalue weighted by Crippen LogP contribution is 2.39. The van der Waals surface area contributed by atoms with E-state index >= 15 is 0 Å². The van der Waals surface area contributed by atoms with E-state index in [4.69, 9.17) is 26.3 Å². The fraction of sp³-hybridized carbons (Fsp3) is 0.467. The molecule has 6 rings (SSSR count). The van der Waals surface area contributed by atoms with Crippen molar-refractivity contribution in [3.63, 3.8) is 0 Å². The second-order valence-corrected chi connectivity index (χ2v) is 14.5. The summed E-state index contributed by atoms with van der Waals surface area (Å²) >= 11 is 6.47. The van der Waals surface area contributed by atoms with Crippen LogP contribution in [0.5, 0.6) is 0 Å². The van der Waals surface area contributed by atoms with Crippen LogP contribution in [-0.4, -0.2) is 70.0 Å². The van der Waals surface area contributed by atoms with Gasteiger partial charge in [0.05, 0.1) is 30.1 Å². The maximum Gasteiger partial charge on any atom is 0.166 e. The fourth-order valence-corrected chi connectivity index (χ4v) is 7.39. The summed E-state index contributed by atoms with van der Waals surface area (Å²) in [6, 6.07) is 8.28. The molecule has 0 saturated carbocycles. The van der Waals surface area contributed by atoms with Crippen molar-refractivity contribution in [1.82, 2.24) is 24.7 Å². The number of sulfone groups is 1. The molecule has 12 heteroatoms. The molecule has 0 bridgehead atoms.